The second kappa shape index (κ2) is 5.35. The molecule has 1 heterocycles. The molecule has 0 aliphatic carbocycles. The van der Waals surface area contributed by atoms with Gasteiger partial charge >= 0.3 is 0 Å². The van der Waals surface area contributed by atoms with Gasteiger partial charge in [0.2, 0.25) is 5.91 Å². The van der Waals surface area contributed by atoms with E-state index in [0.29, 0.717) is 12.1 Å². The van der Waals surface area contributed by atoms with Crippen molar-refractivity contribution in [1.29, 1.82) is 0 Å². The SMILES string of the molecule is CC(=O)N1[C@@H](C(=O)[O-])CS[C@H]1c1c(F)cc(F)cc1F. The Morgan fingerprint density at radius 3 is 2.30 bits per heavy atom. The van der Waals surface area contributed by atoms with Gasteiger partial charge in [-0.3, -0.25) is 4.79 Å². The molecular formula is C12H9F3NO3S-. The van der Waals surface area contributed by atoms with Crippen LogP contribution in [0.25, 0.3) is 0 Å². The quantitative estimate of drug-likeness (QED) is 0.811. The van der Waals surface area contributed by atoms with Crippen molar-refractivity contribution in [2.45, 2.75) is 18.3 Å². The second-order valence-electron chi connectivity index (χ2n) is 4.23. The molecule has 20 heavy (non-hydrogen) atoms. The molecule has 0 radical (unpaired) electrons. The highest BCUT2D eigenvalue weighted by Crippen LogP contribution is 2.43. The number of carbonyl (C=O) groups excluding carboxylic acids is 2. The van der Waals surface area contributed by atoms with Gasteiger partial charge in [-0.05, 0) is 0 Å². The van der Waals surface area contributed by atoms with Crippen LogP contribution in [0, 0.1) is 17.5 Å². The summed E-state index contributed by atoms with van der Waals surface area (Å²) in [5.74, 6) is -5.62. The van der Waals surface area contributed by atoms with Crippen molar-refractivity contribution in [3.8, 4) is 0 Å². The zero-order valence-electron chi connectivity index (χ0n) is 10.2. The van der Waals surface area contributed by atoms with Gasteiger partial charge in [0.1, 0.15) is 22.8 Å². The highest BCUT2D eigenvalue weighted by atomic mass is 32.2. The van der Waals surface area contributed by atoms with E-state index in [9.17, 15) is 27.9 Å². The smallest absolute Gasteiger partial charge is 0.221 e. The van der Waals surface area contributed by atoms with Crippen LogP contribution in [-0.2, 0) is 9.59 Å². The molecule has 0 aromatic heterocycles. The van der Waals surface area contributed by atoms with Gasteiger partial charge in [0.25, 0.3) is 0 Å². The minimum atomic E-state index is -1.50. The molecule has 0 saturated carbocycles. The molecular weight excluding hydrogens is 295 g/mol. The van der Waals surface area contributed by atoms with E-state index < -0.39 is 46.3 Å². The Morgan fingerprint density at radius 1 is 1.30 bits per heavy atom. The first-order chi connectivity index (χ1) is 9.32. The Kier molecular flexibility index (Phi) is 3.94. The molecule has 1 aliphatic heterocycles. The molecule has 1 aliphatic rings. The van der Waals surface area contributed by atoms with Crippen LogP contribution in [0.15, 0.2) is 12.1 Å². The first-order valence-electron chi connectivity index (χ1n) is 5.58. The third-order valence-electron chi connectivity index (χ3n) is 2.93. The molecule has 1 aromatic rings. The topological polar surface area (TPSA) is 60.4 Å². The number of carboxylic acids is 1. The van der Waals surface area contributed by atoms with Gasteiger partial charge in [0, 0.05) is 24.8 Å². The molecule has 2 atom stereocenters. The van der Waals surface area contributed by atoms with Crippen molar-refractivity contribution in [3.63, 3.8) is 0 Å². The summed E-state index contributed by atoms with van der Waals surface area (Å²) in [5, 5.41) is 9.79. The molecule has 1 aromatic carbocycles. The van der Waals surface area contributed by atoms with Crippen molar-refractivity contribution < 1.29 is 27.9 Å². The Balaban J connectivity index is 2.47. The largest absolute Gasteiger partial charge is 0.548 e. The van der Waals surface area contributed by atoms with Gasteiger partial charge in [0.15, 0.2) is 0 Å². The highest BCUT2D eigenvalue weighted by molar-refractivity contribution is 7.99. The minimum absolute atomic E-state index is 0.0527. The predicted molar refractivity (Wildman–Crippen MR) is 62.8 cm³/mol. The van der Waals surface area contributed by atoms with Crippen molar-refractivity contribution in [3.05, 3.63) is 35.1 Å². The number of halogens is 3. The van der Waals surface area contributed by atoms with Crippen molar-refractivity contribution in [2.24, 2.45) is 0 Å². The van der Waals surface area contributed by atoms with Crippen LogP contribution in [0.4, 0.5) is 13.2 Å². The number of carboxylic acid groups (broad SMARTS) is 1. The predicted octanol–water partition coefficient (Wildman–Crippen LogP) is 0.816. The minimum Gasteiger partial charge on any atom is -0.548 e. The summed E-state index contributed by atoms with van der Waals surface area (Å²) in [6.45, 7) is 1.09. The molecule has 0 bridgehead atoms. The number of carbonyl (C=O) groups is 2. The van der Waals surface area contributed by atoms with Gasteiger partial charge in [-0.2, -0.15) is 0 Å². The zero-order valence-corrected chi connectivity index (χ0v) is 11.0. The number of hydrogen-bond acceptors (Lipinski definition) is 4. The maximum Gasteiger partial charge on any atom is 0.221 e. The number of hydrogen-bond donors (Lipinski definition) is 0. The molecule has 108 valence electrons. The monoisotopic (exact) mass is 304 g/mol. The maximum atomic E-state index is 13.7. The third-order valence-corrected chi connectivity index (χ3v) is 4.21. The van der Waals surface area contributed by atoms with Gasteiger partial charge in [0.05, 0.1) is 17.6 Å². The van der Waals surface area contributed by atoms with Crippen LogP contribution in [0.5, 0.6) is 0 Å². The second-order valence-corrected chi connectivity index (χ2v) is 5.34. The van der Waals surface area contributed by atoms with Gasteiger partial charge < -0.3 is 14.8 Å². The van der Waals surface area contributed by atoms with E-state index in [0.717, 1.165) is 23.6 Å². The fraction of sp³-hybridized carbons (Fsp3) is 0.333. The number of amides is 1. The molecule has 4 nitrogen and oxygen atoms in total. The van der Waals surface area contributed by atoms with Gasteiger partial charge in [-0.15, -0.1) is 11.8 Å². The summed E-state index contributed by atoms with van der Waals surface area (Å²) in [4.78, 5) is 23.3. The van der Waals surface area contributed by atoms with E-state index in [4.69, 9.17) is 0 Å². The molecule has 8 heteroatoms. The van der Waals surface area contributed by atoms with Crippen LogP contribution in [-0.4, -0.2) is 28.6 Å². The van der Waals surface area contributed by atoms with Crippen LogP contribution < -0.4 is 5.11 Å². The zero-order chi connectivity index (χ0) is 15.0. The van der Waals surface area contributed by atoms with Crippen molar-refractivity contribution in [1.82, 2.24) is 4.90 Å². The standard InChI is InChI=1S/C12H10F3NO3S/c1-5(17)16-9(12(18)19)4-20-11(16)10-7(14)2-6(13)3-8(10)15/h2-3,9,11H,4H2,1H3,(H,18,19)/p-1/t9-,11+/m1/s1. The van der Waals surface area contributed by atoms with E-state index in [1.807, 2.05) is 0 Å². The average Bonchev–Trinajstić information content (AvgIpc) is 2.72. The number of benzene rings is 1. The van der Waals surface area contributed by atoms with Crippen molar-refractivity contribution in [2.75, 3.05) is 5.75 Å². The summed E-state index contributed by atoms with van der Waals surface area (Å²) in [5.41, 5.74) is -0.532. The van der Waals surface area contributed by atoms with E-state index in [1.165, 1.54) is 0 Å². The molecule has 1 saturated heterocycles. The number of thioether (sulfide) groups is 1. The Labute approximate surface area is 116 Å². The average molecular weight is 304 g/mol. The lowest BCUT2D eigenvalue weighted by Crippen LogP contribution is -2.48. The molecule has 1 fully saturated rings. The Bertz CT molecular complexity index is 558. The van der Waals surface area contributed by atoms with Gasteiger partial charge in [-0.25, -0.2) is 13.2 Å². The molecule has 0 N–H and O–H groups in total. The molecule has 0 spiro atoms. The van der Waals surface area contributed by atoms with Gasteiger partial charge in [-0.1, -0.05) is 0 Å². The van der Waals surface area contributed by atoms with Crippen LogP contribution in [0.1, 0.15) is 17.9 Å². The van der Waals surface area contributed by atoms with Crippen molar-refractivity contribution >= 4 is 23.6 Å². The van der Waals surface area contributed by atoms with Crippen LogP contribution >= 0.6 is 11.8 Å². The number of rotatable bonds is 2. The Hall–Kier alpha value is -1.70. The summed E-state index contributed by atoms with van der Waals surface area (Å²) < 4.78 is 40.4. The normalized spacial score (nSPS) is 22.1. The van der Waals surface area contributed by atoms with Crippen LogP contribution in [0.3, 0.4) is 0 Å². The third kappa shape index (κ3) is 2.47. The fourth-order valence-corrected chi connectivity index (χ4v) is 3.59. The summed E-state index contributed by atoms with van der Waals surface area (Å²) >= 11 is 0.884. The summed E-state index contributed by atoms with van der Waals surface area (Å²) in [6.07, 6.45) is 0. The molecule has 1 amide bonds. The lowest BCUT2D eigenvalue weighted by Gasteiger charge is -2.29. The summed E-state index contributed by atoms with van der Waals surface area (Å²) in [6, 6.07) is -0.292. The fourth-order valence-electron chi connectivity index (χ4n) is 2.08. The maximum absolute atomic E-state index is 13.7. The lowest BCUT2D eigenvalue weighted by atomic mass is 10.1. The molecule has 2 rings (SSSR count). The lowest BCUT2D eigenvalue weighted by molar-refractivity contribution is -0.310. The highest BCUT2D eigenvalue weighted by Gasteiger charge is 2.40. The number of nitrogens with zero attached hydrogens (tertiary/aromatic N) is 1. The molecule has 0 unspecified atom stereocenters. The summed E-state index contributed by atoms with van der Waals surface area (Å²) in [7, 11) is 0. The first kappa shape index (κ1) is 14.7. The van der Waals surface area contributed by atoms with Crippen LogP contribution in [0.2, 0.25) is 0 Å². The number of aliphatic carboxylic acids is 1. The van der Waals surface area contributed by atoms with E-state index in [1.54, 1.807) is 0 Å². The first-order valence-corrected chi connectivity index (χ1v) is 6.63. The Morgan fingerprint density at radius 2 is 1.85 bits per heavy atom. The van der Waals surface area contributed by atoms with E-state index >= 15 is 0 Å². The van der Waals surface area contributed by atoms with E-state index in [2.05, 4.69) is 0 Å². The van der Waals surface area contributed by atoms with E-state index in [-0.39, 0.29) is 5.75 Å².